The van der Waals surface area contributed by atoms with Gasteiger partial charge in [-0.2, -0.15) is 5.10 Å². The van der Waals surface area contributed by atoms with Gasteiger partial charge in [0.1, 0.15) is 0 Å². The highest BCUT2D eigenvalue weighted by atomic mass is 32.1. The molecule has 4 heteroatoms. The Labute approximate surface area is 109 Å². The molecule has 0 unspecified atom stereocenters. The van der Waals surface area contributed by atoms with Crippen LogP contribution in [0.2, 0.25) is 0 Å². The van der Waals surface area contributed by atoms with Crippen LogP contribution in [0.1, 0.15) is 23.4 Å². The van der Waals surface area contributed by atoms with Gasteiger partial charge in [0.15, 0.2) is 0 Å². The van der Waals surface area contributed by atoms with Crippen molar-refractivity contribution in [2.24, 2.45) is 0 Å². The van der Waals surface area contributed by atoms with Crippen LogP contribution in [0, 0.1) is 6.92 Å². The van der Waals surface area contributed by atoms with Crippen molar-refractivity contribution in [3.8, 4) is 5.13 Å². The van der Waals surface area contributed by atoms with Crippen molar-refractivity contribution < 1.29 is 0 Å². The van der Waals surface area contributed by atoms with E-state index in [-0.39, 0.29) is 0 Å². The third-order valence-electron chi connectivity index (χ3n) is 3.63. The summed E-state index contributed by atoms with van der Waals surface area (Å²) in [6.45, 7) is 2.16. The Kier molecular flexibility index (Phi) is 2.08. The monoisotopic (exact) mass is 255 g/mol. The van der Waals surface area contributed by atoms with Crippen LogP contribution in [0.5, 0.6) is 0 Å². The molecule has 0 saturated heterocycles. The summed E-state index contributed by atoms with van der Waals surface area (Å²) in [6, 6.07) is 8.26. The largest absolute Gasteiger partial charge is 0.218 e. The zero-order chi connectivity index (χ0) is 12.1. The fourth-order valence-electron chi connectivity index (χ4n) is 2.69. The lowest BCUT2D eigenvalue weighted by Gasteiger charge is -1.99. The molecule has 0 radical (unpaired) electrons. The first-order valence-electron chi connectivity index (χ1n) is 6.26. The molecule has 1 aliphatic rings. The second kappa shape index (κ2) is 3.65. The maximum absolute atomic E-state index is 4.72. The molecule has 90 valence electrons. The molecule has 18 heavy (non-hydrogen) atoms. The Morgan fingerprint density at radius 3 is 2.94 bits per heavy atom. The Morgan fingerprint density at radius 2 is 2.11 bits per heavy atom. The average molecular weight is 255 g/mol. The lowest BCUT2D eigenvalue weighted by molar-refractivity contribution is 0.776. The van der Waals surface area contributed by atoms with Crippen molar-refractivity contribution >= 4 is 21.6 Å². The average Bonchev–Trinajstić information content (AvgIpc) is 3.04. The van der Waals surface area contributed by atoms with E-state index < -0.39 is 0 Å². The van der Waals surface area contributed by atoms with E-state index in [1.165, 1.54) is 34.5 Å². The number of hydrogen-bond acceptors (Lipinski definition) is 3. The number of para-hydroxylation sites is 1. The summed E-state index contributed by atoms with van der Waals surface area (Å²) < 4.78 is 3.25. The van der Waals surface area contributed by atoms with Crippen molar-refractivity contribution in [3.63, 3.8) is 0 Å². The number of rotatable bonds is 1. The molecule has 0 atom stereocenters. The van der Waals surface area contributed by atoms with E-state index in [4.69, 9.17) is 5.10 Å². The van der Waals surface area contributed by atoms with Gasteiger partial charge in [-0.3, -0.25) is 0 Å². The van der Waals surface area contributed by atoms with E-state index in [2.05, 4.69) is 30.1 Å². The van der Waals surface area contributed by atoms with Crippen molar-refractivity contribution in [2.75, 3.05) is 0 Å². The zero-order valence-corrected chi connectivity index (χ0v) is 11.0. The molecule has 0 saturated carbocycles. The number of aryl methyl sites for hydroxylation is 1. The van der Waals surface area contributed by atoms with E-state index >= 15 is 0 Å². The Morgan fingerprint density at radius 1 is 1.22 bits per heavy atom. The topological polar surface area (TPSA) is 30.7 Å². The molecular formula is C14H13N3S. The molecule has 0 bridgehead atoms. The number of fused-ring (bicyclic) bond motifs is 2. The van der Waals surface area contributed by atoms with Crippen LogP contribution in [-0.2, 0) is 12.8 Å². The van der Waals surface area contributed by atoms with Gasteiger partial charge in [0.2, 0.25) is 5.13 Å². The van der Waals surface area contributed by atoms with Gasteiger partial charge in [0.25, 0.3) is 0 Å². The normalized spacial score (nSPS) is 14.3. The van der Waals surface area contributed by atoms with Crippen LogP contribution in [-0.4, -0.2) is 14.8 Å². The fourth-order valence-corrected chi connectivity index (χ4v) is 3.66. The van der Waals surface area contributed by atoms with Crippen LogP contribution in [0.3, 0.4) is 0 Å². The minimum atomic E-state index is 0.989. The summed E-state index contributed by atoms with van der Waals surface area (Å²) >= 11 is 1.71. The highest BCUT2D eigenvalue weighted by Gasteiger charge is 2.21. The molecule has 3 aromatic rings. The minimum absolute atomic E-state index is 0.989. The van der Waals surface area contributed by atoms with Crippen LogP contribution < -0.4 is 0 Å². The third kappa shape index (κ3) is 1.35. The summed E-state index contributed by atoms with van der Waals surface area (Å²) in [5.41, 5.74) is 5.04. The molecule has 1 aromatic carbocycles. The Balaban J connectivity index is 1.92. The molecule has 0 amide bonds. The lowest BCUT2D eigenvalue weighted by Crippen LogP contribution is -1.99. The van der Waals surface area contributed by atoms with Gasteiger partial charge >= 0.3 is 0 Å². The third-order valence-corrected chi connectivity index (χ3v) is 4.64. The van der Waals surface area contributed by atoms with Crippen molar-refractivity contribution in [3.05, 3.63) is 41.2 Å². The van der Waals surface area contributed by atoms with Gasteiger partial charge in [-0.05, 0) is 43.9 Å². The number of benzene rings is 1. The van der Waals surface area contributed by atoms with Gasteiger partial charge in [0, 0.05) is 5.69 Å². The van der Waals surface area contributed by atoms with E-state index in [9.17, 15) is 0 Å². The van der Waals surface area contributed by atoms with Gasteiger partial charge < -0.3 is 0 Å². The summed E-state index contributed by atoms with van der Waals surface area (Å²) in [5, 5.41) is 5.71. The van der Waals surface area contributed by atoms with E-state index in [0.29, 0.717) is 0 Å². The SMILES string of the molecule is Cc1c2c(nn1-c1nc3ccccc3s1)CCC2. The van der Waals surface area contributed by atoms with Gasteiger partial charge in [0.05, 0.1) is 15.9 Å². The molecule has 0 spiro atoms. The minimum Gasteiger partial charge on any atom is -0.218 e. The predicted octanol–water partition coefficient (Wildman–Crippen LogP) is 3.28. The molecule has 0 fully saturated rings. The highest BCUT2D eigenvalue weighted by molar-refractivity contribution is 7.20. The first kappa shape index (κ1) is 10.3. The first-order chi connectivity index (χ1) is 8.83. The molecule has 0 aliphatic heterocycles. The zero-order valence-electron chi connectivity index (χ0n) is 10.2. The Bertz CT molecular complexity index is 706. The van der Waals surface area contributed by atoms with E-state index in [0.717, 1.165) is 17.1 Å². The maximum atomic E-state index is 4.72. The smallest absolute Gasteiger partial charge is 0.211 e. The Hall–Kier alpha value is -1.68. The summed E-state index contributed by atoms with van der Waals surface area (Å²) in [7, 11) is 0. The van der Waals surface area contributed by atoms with Crippen LogP contribution in [0.25, 0.3) is 15.3 Å². The quantitative estimate of drug-likeness (QED) is 0.668. The predicted molar refractivity (Wildman–Crippen MR) is 73.5 cm³/mol. The van der Waals surface area contributed by atoms with Crippen LogP contribution in [0.15, 0.2) is 24.3 Å². The standard InChI is InChI=1S/C14H13N3S/c1-9-10-5-4-7-11(10)16-17(9)14-15-12-6-2-3-8-13(12)18-14/h2-3,6,8H,4-5,7H2,1H3. The number of thiazole rings is 1. The number of aromatic nitrogens is 3. The summed E-state index contributed by atoms with van der Waals surface area (Å²) in [4.78, 5) is 4.68. The van der Waals surface area contributed by atoms with Crippen LogP contribution >= 0.6 is 11.3 Å². The molecule has 0 N–H and O–H groups in total. The molecule has 4 rings (SSSR count). The molecular weight excluding hydrogens is 242 g/mol. The number of nitrogens with zero attached hydrogens (tertiary/aromatic N) is 3. The maximum Gasteiger partial charge on any atom is 0.211 e. The van der Waals surface area contributed by atoms with Crippen molar-refractivity contribution in [1.29, 1.82) is 0 Å². The van der Waals surface area contributed by atoms with Gasteiger partial charge in [-0.25, -0.2) is 9.67 Å². The summed E-state index contributed by atoms with van der Waals surface area (Å²) in [5.74, 6) is 0. The highest BCUT2D eigenvalue weighted by Crippen LogP contribution is 2.29. The van der Waals surface area contributed by atoms with E-state index in [1.807, 2.05) is 10.7 Å². The lowest BCUT2D eigenvalue weighted by atomic mass is 10.2. The molecule has 2 aromatic heterocycles. The molecule has 1 aliphatic carbocycles. The van der Waals surface area contributed by atoms with Gasteiger partial charge in [-0.1, -0.05) is 23.5 Å². The van der Waals surface area contributed by atoms with Crippen LogP contribution in [0.4, 0.5) is 0 Å². The fraction of sp³-hybridized carbons (Fsp3) is 0.286. The van der Waals surface area contributed by atoms with E-state index in [1.54, 1.807) is 11.3 Å². The first-order valence-corrected chi connectivity index (χ1v) is 7.08. The van der Waals surface area contributed by atoms with Gasteiger partial charge in [-0.15, -0.1) is 0 Å². The summed E-state index contributed by atoms with van der Waals surface area (Å²) in [6.07, 6.45) is 3.54. The van der Waals surface area contributed by atoms with Crippen molar-refractivity contribution in [1.82, 2.24) is 14.8 Å². The second-order valence-electron chi connectivity index (χ2n) is 4.74. The number of hydrogen-bond donors (Lipinski definition) is 0. The second-order valence-corrected chi connectivity index (χ2v) is 5.75. The molecule has 3 nitrogen and oxygen atoms in total. The van der Waals surface area contributed by atoms with Crippen molar-refractivity contribution in [2.45, 2.75) is 26.2 Å². The molecule has 2 heterocycles.